The van der Waals surface area contributed by atoms with Gasteiger partial charge < -0.3 is 9.64 Å². The van der Waals surface area contributed by atoms with E-state index in [-0.39, 0.29) is 5.92 Å². The van der Waals surface area contributed by atoms with Crippen LogP contribution in [0.15, 0.2) is 30.5 Å². The Balaban J connectivity index is 1.29. The first-order valence-corrected chi connectivity index (χ1v) is 9.36. The molecule has 0 saturated carbocycles. The van der Waals surface area contributed by atoms with E-state index in [1.807, 2.05) is 0 Å². The average molecular weight is 377 g/mol. The lowest BCUT2D eigenvalue weighted by Crippen LogP contribution is -2.22. The molecule has 7 heteroatoms. The molecule has 1 aromatic heterocycles. The van der Waals surface area contributed by atoms with E-state index in [9.17, 15) is 13.2 Å². The van der Waals surface area contributed by atoms with Crippen LogP contribution in [0.3, 0.4) is 0 Å². The Hall–Kier alpha value is -2.15. The molecule has 1 fully saturated rings. The standard InChI is InChI=1S/C20H22F3N3O/c21-20(22,23)18-5-8-24-19(25-18)16-6-10-26(13-16)9-1-2-14-3-4-17-15(12-14)7-11-27-17/h3-5,8,12,16H,1-2,6-7,9-11,13H2. The molecule has 3 heterocycles. The Bertz CT molecular complexity index is 809. The van der Waals surface area contributed by atoms with E-state index in [1.54, 1.807) is 0 Å². The number of aromatic nitrogens is 2. The van der Waals surface area contributed by atoms with Crippen LogP contribution in [0.2, 0.25) is 0 Å². The number of rotatable bonds is 5. The number of aryl methyl sites for hydroxylation is 1. The van der Waals surface area contributed by atoms with Gasteiger partial charge in [-0.15, -0.1) is 0 Å². The largest absolute Gasteiger partial charge is 0.493 e. The van der Waals surface area contributed by atoms with E-state index < -0.39 is 11.9 Å². The molecule has 2 aromatic rings. The van der Waals surface area contributed by atoms with Gasteiger partial charge in [0, 0.05) is 25.1 Å². The summed E-state index contributed by atoms with van der Waals surface area (Å²) in [5.74, 6) is 1.29. The first kappa shape index (κ1) is 18.2. The zero-order valence-electron chi connectivity index (χ0n) is 15.0. The lowest BCUT2D eigenvalue weighted by atomic mass is 10.0. The summed E-state index contributed by atoms with van der Waals surface area (Å²) >= 11 is 0. The minimum absolute atomic E-state index is 0.0237. The topological polar surface area (TPSA) is 38.2 Å². The summed E-state index contributed by atoms with van der Waals surface area (Å²) in [6, 6.07) is 7.32. The molecule has 0 N–H and O–H groups in total. The molecule has 0 aliphatic carbocycles. The van der Waals surface area contributed by atoms with Gasteiger partial charge in [-0.2, -0.15) is 13.2 Å². The van der Waals surface area contributed by atoms with E-state index in [2.05, 4.69) is 33.1 Å². The van der Waals surface area contributed by atoms with Crippen LogP contribution in [0.25, 0.3) is 0 Å². The van der Waals surface area contributed by atoms with Gasteiger partial charge in [-0.1, -0.05) is 12.1 Å². The van der Waals surface area contributed by atoms with Crippen LogP contribution in [0, 0.1) is 0 Å². The van der Waals surface area contributed by atoms with Crippen LogP contribution in [0.4, 0.5) is 13.2 Å². The number of hydrogen-bond acceptors (Lipinski definition) is 4. The van der Waals surface area contributed by atoms with Gasteiger partial charge in [0.25, 0.3) is 0 Å². The molecule has 4 nitrogen and oxygen atoms in total. The molecule has 0 amide bonds. The highest BCUT2D eigenvalue weighted by molar-refractivity contribution is 5.39. The molecule has 2 aliphatic rings. The summed E-state index contributed by atoms with van der Waals surface area (Å²) in [4.78, 5) is 10.1. The van der Waals surface area contributed by atoms with Crippen molar-refractivity contribution in [2.75, 3.05) is 26.2 Å². The lowest BCUT2D eigenvalue weighted by molar-refractivity contribution is -0.141. The molecule has 1 saturated heterocycles. The zero-order chi connectivity index (χ0) is 18.9. The lowest BCUT2D eigenvalue weighted by Gasteiger charge is -2.16. The van der Waals surface area contributed by atoms with Crippen LogP contribution < -0.4 is 4.74 Å². The van der Waals surface area contributed by atoms with E-state index in [4.69, 9.17) is 4.74 Å². The van der Waals surface area contributed by atoms with Crippen molar-refractivity contribution in [3.05, 3.63) is 53.1 Å². The number of fused-ring (bicyclic) bond motifs is 1. The summed E-state index contributed by atoms with van der Waals surface area (Å²) in [5.41, 5.74) is 1.75. The quantitative estimate of drug-likeness (QED) is 0.793. The van der Waals surface area contributed by atoms with E-state index in [0.717, 1.165) is 63.7 Å². The highest BCUT2D eigenvalue weighted by atomic mass is 19.4. The monoisotopic (exact) mass is 377 g/mol. The summed E-state index contributed by atoms with van der Waals surface area (Å²) in [6.07, 6.45) is 0.595. The number of ether oxygens (including phenoxy) is 1. The molecule has 0 bridgehead atoms. The first-order chi connectivity index (χ1) is 13.0. The van der Waals surface area contributed by atoms with Gasteiger partial charge >= 0.3 is 6.18 Å². The van der Waals surface area contributed by atoms with Crippen molar-refractivity contribution < 1.29 is 17.9 Å². The van der Waals surface area contributed by atoms with Gasteiger partial charge in [0.2, 0.25) is 0 Å². The fraction of sp³-hybridized carbons (Fsp3) is 0.500. The number of hydrogen-bond donors (Lipinski definition) is 0. The van der Waals surface area contributed by atoms with Gasteiger partial charge in [0.1, 0.15) is 17.3 Å². The molecule has 0 radical (unpaired) electrons. The Morgan fingerprint density at radius 3 is 2.96 bits per heavy atom. The number of alkyl halides is 3. The van der Waals surface area contributed by atoms with Crippen LogP contribution in [0.5, 0.6) is 5.75 Å². The average Bonchev–Trinajstić information content (AvgIpc) is 3.30. The maximum Gasteiger partial charge on any atom is 0.433 e. The van der Waals surface area contributed by atoms with Crippen molar-refractivity contribution in [1.82, 2.24) is 14.9 Å². The van der Waals surface area contributed by atoms with Crippen LogP contribution >= 0.6 is 0 Å². The highest BCUT2D eigenvalue weighted by Crippen LogP contribution is 2.30. The molecule has 0 spiro atoms. The maximum atomic E-state index is 12.8. The fourth-order valence-corrected chi connectivity index (χ4v) is 3.88. The molecule has 1 aromatic carbocycles. The highest BCUT2D eigenvalue weighted by Gasteiger charge is 2.34. The Morgan fingerprint density at radius 1 is 1.22 bits per heavy atom. The van der Waals surface area contributed by atoms with Crippen LogP contribution in [-0.4, -0.2) is 41.1 Å². The van der Waals surface area contributed by atoms with Crippen molar-refractivity contribution in [3.8, 4) is 5.75 Å². The second-order valence-corrected chi connectivity index (χ2v) is 7.23. The van der Waals surface area contributed by atoms with E-state index in [1.165, 1.54) is 17.3 Å². The van der Waals surface area contributed by atoms with Crippen LogP contribution in [0.1, 0.15) is 41.4 Å². The number of halogens is 3. The Labute approximate surface area is 156 Å². The molecule has 1 atom stereocenters. The second-order valence-electron chi connectivity index (χ2n) is 7.23. The van der Waals surface area contributed by atoms with Crippen molar-refractivity contribution in [1.29, 1.82) is 0 Å². The maximum absolute atomic E-state index is 12.8. The van der Waals surface area contributed by atoms with Crippen molar-refractivity contribution >= 4 is 0 Å². The summed E-state index contributed by atoms with van der Waals surface area (Å²) in [6.45, 7) is 3.30. The summed E-state index contributed by atoms with van der Waals surface area (Å²) in [7, 11) is 0. The van der Waals surface area contributed by atoms with E-state index in [0.29, 0.717) is 5.82 Å². The van der Waals surface area contributed by atoms with Gasteiger partial charge in [0.15, 0.2) is 0 Å². The molecular weight excluding hydrogens is 355 g/mol. The minimum Gasteiger partial charge on any atom is -0.493 e. The van der Waals surface area contributed by atoms with Gasteiger partial charge in [0.05, 0.1) is 6.61 Å². The molecule has 144 valence electrons. The fourth-order valence-electron chi connectivity index (χ4n) is 3.88. The minimum atomic E-state index is -4.42. The van der Waals surface area contributed by atoms with Gasteiger partial charge in [-0.25, -0.2) is 9.97 Å². The summed E-state index contributed by atoms with van der Waals surface area (Å²) < 4.78 is 44.0. The number of likely N-dealkylation sites (tertiary alicyclic amines) is 1. The number of benzene rings is 1. The smallest absolute Gasteiger partial charge is 0.433 e. The van der Waals surface area contributed by atoms with Crippen molar-refractivity contribution in [3.63, 3.8) is 0 Å². The molecule has 27 heavy (non-hydrogen) atoms. The first-order valence-electron chi connectivity index (χ1n) is 9.36. The van der Waals surface area contributed by atoms with Gasteiger partial charge in [-0.3, -0.25) is 0 Å². The third kappa shape index (κ3) is 4.24. The predicted molar refractivity (Wildman–Crippen MR) is 94.8 cm³/mol. The molecule has 1 unspecified atom stereocenters. The van der Waals surface area contributed by atoms with E-state index >= 15 is 0 Å². The Morgan fingerprint density at radius 2 is 2.11 bits per heavy atom. The SMILES string of the molecule is FC(F)(F)c1ccnc(C2CCN(CCCc3ccc4c(c3)CCO4)C2)n1. The predicted octanol–water partition coefficient (Wildman–Crippen LogP) is 3.85. The molecule has 2 aliphatic heterocycles. The number of nitrogens with zero attached hydrogens (tertiary/aromatic N) is 3. The second kappa shape index (κ2) is 7.46. The third-order valence-corrected chi connectivity index (χ3v) is 5.30. The molecular formula is C20H22F3N3O. The van der Waals surface area contributed by atoms with Crippen molar-refractivity contribution in [2.24, 2.45) is 0 Å². The summed E-state index contributed by atoms with van der Waals surface area (Å²) in [5, 5.41) is 0. The molecule has 4 rings (SSSR count). The van der Waals surface area contributed by atoms with Crippen molar-refractivity contribution in [2.45, 2.75) is 37.8 Å². The third-order valence-electron chi connectivity index (χ3n) is 5.30. The van der Waals surface area contributed by atoms with Crippen LogP contribution in [-0.2, 0) is 19.0 Å². The normalized spacial score (nSPS) is 19.9. The zero-order valence-corrected chi connectivity index (χ0v) is 15.0. The Kier molecular flexibility index (Phi) is 5.04. The van der Waals surface area contributed by atoms with Gasteiger partial charge in [-0.05, 0) is 55.6 Å².